The van der Waals surface area contributed by atoms with Crippen LogP contribution < -0.4 is 5.32 Å². The molecule has 1 aromatic carbocycles. The van der Waals surface area contributed by atoms with Gasteiger partial charge >= 0.3 is 12.2 Å². The molecule has 0 radical (unpaired) electrons. The Bertz CT molecular complexity index is 483. The Labute approximate surface area is 114 Å². The van der Waals surface area contributed by atoms with Crippen molar-refractivity contribution in [1.29, 1.82) is 0 Å². The Morgan fingerprint density at radius 1 is 1.20 bits per heavy atom. The quantitative estimate of drug-likeness (QED) is 0.864. The third-order valence-electron chi connectivity index (χ3n) is 2.62. The smallest absolute Gasteiger partial charge is 0.327 e. The van der Waals surface area contributed by atoms with Crippen LogP contribution in [0.1, 0.15) is 23.7 Å². The predicted molar refractivity (Wildman–Crippen MR) is 68.8 cm³/mol. The Hall–Kier alpha value is -2.05. The molecule has 0 fully saturated rings. The van der Waals surface area contributed by atoms with E-state index in [0.717, 1.165) is 4.90 Å². The minimum absolute atomic E-state index is 0.106. The summed E-state index contributed by atoms with van der Waals surface area (Å²) in [6.45, 7) is 0.999. The predicted octanol–water partition coefficient (Wildman–Crippen LogP) is 3.31. The summed E-state index contributed by atoms with van der Waals surface area (Å²) in [5.74, 6) is -0.106. The molecule has 0 heterocycles. The molecule has 0 unspecified atom stereocenters. The number of carbonyl (C=O) groups is 2. The first kappa shape index (κ1) is 16.0. The number of benzene rings is 1. The second-order valence-electron chi connectivity index (χ2n) is 4.35. The van der Waals surface area contributed by atoms with E-state index < -0.39 is 25.2 Å². The first-order valence-electron chi connectivity index (χ1n) is 5.89. The van der Waals surface area contributed by atoms with Crippen molar-refractivity contribution in [2.24, 2.45) is 0 Å². The normalized spacial score (nSPS) is 11.1. The molecule has 0 atom stereocenters. The number of halogens is 3. The Morgan fingerprint density at radius 3 is 2.20 bits per heavy atom. The minimum atomic E-state index is -4.29. The summed E-state index contributed by atoms with van der Waals surface area (Å²) in [4.78, 5) is 23.6. The van der Waals surface area contributed by atoms with Crippen LogP contribution in [0, 0.1) is 0 Å². The number of nitrogens with zero attached hydrogens (tertiary/aromatic N) is 1. The van der Waals surface area contributed by atoms with Crippen LogP contribution in [0.25, 0.3) is 0 Å². The molecule has 1 aromatic rings. The molecule has 0 saturated heterocycles. The van der Waals surface area contributed by atoms with Gasteiger partial charge in [-0.3, -0.25) is 4.79 Å². The van der Waals surface area contributed by atoms with E-state index >= 15 is 0 Å². The number of carbonyl (C=O) groups excluding carboxylic acids is 2. The van der Waals surface area contributed by atoms with Gasteiger partial charge in [-0.05, 0) is 31.2 Å². The van der Waals surface area contributed by atoms with Crippen LogP contribution in [0.3, 0.4) is 0 Å². The average Bonchev–Trinajstić information content (AvgIpc) is 2.35. The van der Waals surface area contributed by atoms with Crippen molar-refractivity contribution in [2.75, 3.05) is 18.9 Å². The van der Waals surface area contributed by atoms with Crippen molar-refractivity contribution in [3.05, 3.63) is 29.8 Å². The van der Waals surface area contributed by atoms with Crippen molar-refractivity contribution >= 4 is 17.5 Å². The molecule has 0 aliphatic rings. The minimum Gasteiger partial charge on any atom is -0.327 e. The fourth-order valence-corrected chi connectivity index (χ4v) is 1.40. The summed E-state index contributed by atoms with van der Waals surface area (Å²) < 4.78 is 36.1. The number of rotatable bonds is 4. The molecular formula is C13H15F3N2O2. The van der Waals surface area contributed by atoms with Gasteiger partial charge in [-0.2, -0.15) is 13.2 Å². The second kappa shape index (κ2) is 6.40. The van der Waals surface area contributed by atoms with Gasteiger partial charge in [-0.15, -0.1) is 0 Å². The fourth-order valence-electron chi connectivity index (χ4n) is 1.40. The summed E-state index contributed by atoms with van der Waals surface area (Å²) in [6.07, 6.45) is -5.35. The van der Waals surface area contributed by atoms with E-state index in [9.17, 15) is 22.8 Å². The number of hydrogen-bond acceptors (Lipinski definition) is 2. The highest BCUT2D eigenvalue weighted by molar-refractivity contribution is 5.95. The molecule has 0 aliphatic heterocycles. The Morgan fingerprint density at radius 2 is 1.75 bits per heavy atom. The highest BCUT2D eigenvalue weighted by atomic mass is 19.4. The summed E-state index contributed by atoms with van der Waals surface area (Å²) in [7, 11) is 1.28. The molecule has 0 saturated carbocycles. The molecule has 2 amide bonds. The van der Waals surface area contributed by atoms with Gasteiger partial charge in [-0.1, -0.05) is 0 Å². The van der Waals surface area contributed by atoms with Gasteiger partial charge in [0.05, 0.1) is 6.42 Å². The molecule has 4 nitrogen and oxygen atoms in total. The van der Waals surface area contributed by atoms with Crippen molar-refractivity contribution in [3.63, 3.8) is 0 Å². The molecule has 0 aliphatic carbocycles. The largest absolute Gasteiger partial charge is 0.390 e. The maximum absolute atomic E-state index is 12.0. The van der Waals surface area contributed by atoms with Crippen molar-refractivity contribution in [2.45, 2.75) is 19.5 Å². The average molecular weight is 288 g/mol. The molecule has 0 spiro atoms. The zero-order chi connectivity index (χ0) is 15.3. The van der Waals surface area contributed by atoms with Crippen molar-refractivity contribution in [1.82, 2.24) is 4.90 Å². The van der Waals surface area contributed by atoms with Gasteiger partial charge in [0, 0.05) is 24.8 Å². The lowest BCUT2D eigenvalue weighted by molar-refractivity contribution is -0.135. The Kier molecular flexibility index (Phi) is 5.12. The number of amides is 2. The lowest BCUT2D eigenvalue weighted by Crippen LogP contribution is -2.34. The van der Waals surface area contributed by atoms with Gasteiger partial charge in [0.15, 0.2) is 5.78 Å². The molecule has 1 N–H and O–H groups in total. The van der Waals surface area contributed by atoms with Gasteiger partial charge in [0.25, 0.3) is 0 Å². The maximum atomic E-state index is 12.0. The number of urea groups is 1. The number of nitrogens with one attached hydrogen (secondary N) is 1. The molecule has 20 heavy (non-hydrogen) atoms. The van der Waals surface area contributed by atoms with Crippen LogP contribution >= 0.6 is 0 Å². The van der Waals surface area contributed by atoms with E-state index in [1.807, 2.05) is 0 Å². The zero-order valence-electron chi connectivity index (χ0n) is 11.1. The number of alkyl halides is 3. The molecule has 7 heteroatoms. The van der Waals surface area contributed by atoms with Crippen LogP contribution in [0.5, 0.6) is 0 Å². The second-order valence-corrected chi connectivity index (χ2v) is 4.35. The summed E-state index contributed by atoms with van der Waals surface area (Å²) >= 11 is 0. The van der Waals surface area contributed by atoms with Crippen LogP contribution in [0.15, 0.2) is 24.3 Å². The summed E-state index contributed by atoms with van der Waals surface area (Å²) in [5.41, 5.74) is 0.910. The van der Waals surface area contributed by atoms with Crippen molar-refractivity contribution in [3.8, 4) is 0 Å². The third kappa shape index (κ3) is 5.29. The van der Waals surface area contributed by atoms with Crippen molar-refractivity contribution < 1.29 is 22.8 Å². The van der Waals surface area contributed by atoms with E-state index in [1.54, 1.807) is 0 Å². The first-order valence-corrected chi connectivity index (χ1v) is 5.89. The lowest BCUT2D eigenvalue weighted by atomic mass is 10.1. The standard InChI is InChI=1S/C13H15F3N2O2/c1-9(19)10-3-5-11(6-4-10)17-12(20)18(2)8-7-13(14,15)16/h3-6H,7-8H2,1-2H3,(H,17,20). The first-order chi connectivity index (χ1) is 9.19. The topological polar surface area (TPSA) is 49.4 Å². The van der Waals surface area contributed by atoms with Crippen LogP contribution in [0.2, 0.25) is 0 Å². The van der Waals surface area contributed by atoms with Gasteiger partial charge < -0.3 is 10.2 Å². The third-order valence-corrected chi connectivity index (χ3v) is 2.62. The number of ketones is 1. The molecule has 0 aromatic heterocycles. The van der Waals surface area contributed by atoms with E-state index in [1.165, 1.54) is 38.2 Å². The monoisotopic (exact) mass is 288 g/mol. The maximum Gasteiger partial charge on any atom is 0.390 e. The molecule has 110 valence electrons. The summed E-state index contributed by atoms with van der Waals surface area (Å²) in [6, 6.07) is 5.48. The van der Waals surface area contributed by atoms with Gasteiger partial charge in [-0.25, -0.2) is 4.79 Å². The summed E-state index contributed by atoms with van der Waals surface area (Å²) in [5, 5.41) is 2.45. The van der Waals surface area contributed by atoms with Gasteiger partial charge in [0.2, 0.25) is 0 Å². The molecular weight excluding hydrogens is 273 g/mol. The van der Waals surface area contributed by atoms with Crippen LogP contribution in [-0.4, -0.2) is 36.5 Å². The van der Waals surface area contributed by atoms with Crippen LogP contribution in [-0.2, 0) is 0 Å². The highest BCUT2D eigenvalue weighted by Crippen LogP contribution is 2.19. The van der Waals surface area contributed by atoms with E-state index in [0.29, 0.717) is 11.3 Å². The van der Waals surface area contributed by atoms with E-state index in [2.05, 4.69) is 5.32 Å². The highest BCUT2D eigenvalue weighted by Gasteiger charge is 2.28. The zero-order valence-corrected chi connectivity index (χ0v) is 11.1. The molecule has 1 rings (SSSR count). The number of anilines is 1. The number of Topliss-reactive ketones (excluding diaryl/α,β-unsaturated/α-hetero) is 1. The van der Waals surface area contributed by atoms with E-state index in [4.69, 9.17) is 0 Å². The Balaban J connectivity index is 2.55. The van der Waals surface area contributed by atoms with Gasteiger partial charge in [0.1, 0.15) is 0 Å². The van der Waals surface area contributed by atoms with E-state index in [-0.39, 0.29) is 5.78 Å². The number of hydrogen-bond donors (Lipinski definition) is 1. The molecule has 0 bridgehead atoms. The lowest BCUT2D eigenvalue weighted by Gasteiger charge is -2.18. The fraction of sp³-hybridized carbons (Fsp3) is 0.385. The SMILES string of the molecule is CC(=O)c1ccc(NC(=O)N(C)CCC(F)(F)F)cc1. The van der Waals surface area contributed by atoms with Crippen LogP contribution in [0.4, 0.5) is 23.7 Å².